The Bertz CT molecular complexity index is 678. The van der Waals surface area contributed by atoms with E-state index in [9.17, 15) is 9.18 Å². The van der Waals surface area contributed by atoms with E-state index in [0.717, 1.165) is 18.7 Å². The zero-order valence-corrected chi connectivity index (χ0v) is 11.8. The summed E-state index contributed by atoms with van der Waals surface area (Å²) in [5.74, 6) is 0.100. The topological polar surface area (TPSA) is 64.2 Å². The molecular weight excluding hydrogens is 271 g/mol. The standard InChI is InChI=1S/C15H17FN4O/c1-19-7-6-18-14(19)9-20(11-3-4-11)15(21)12-8-10(16)2-5-13(12)17/h2,5-8,11H,3-4,9,17H2,1H3. The molecule has 1 heterocycles. The minimum Gasteiger partial charge on any atom is -0.398 e. The number of benzene rings is 1. The summed E-state index contributed by atoms with van der Waals surface area (Å²) < 4.78 is 15.3. The lowest BCUT2D eigenvalue weighted by molar-refractivity contribution is 0.0724. The molecule has 5 nitrogen and oxygen atoms in total. The normalized spacial score (nSPS) is 14.2. The van der Waals surface area contributed by atoms with Gasteiger partial charge in [-0.2, -0.15) is 0 Å². The number of nitrogens with two attached hydrogens (primary N) is 1. The van der Waals surface area contributed by atoms with E-state index in [1.165, 1.54) is 18.2 Å². The van der Waals surface area contributed by atoms with Crippen molar-refractivity contribution in [2.75, 3.05) is 5.73 Å². The summed E-state index contributed by atoms with van der Waals surface area (Å²) in [4.78, 5) is 18.7. The summed E-state index contributed by atoms with van der Waals surface area (Å²) in [5, 5.41) is 0. The van der Waals surface area contributed by atoms with Crippen LogP contribution in [0.25, 0.3) is 0 Å². The highest BCUT2D eigenvalue weighted by molar-refractivity contribution is 5.99. The predicted molar refractivity (Wildman–Crippen MR) is 76.9 cm³/mol. The SMILES string of the molecule is Cn1ccnc1CN(C(=O)c1cc(F)ccc1N)C1CC1. The minimum atomic E-state index is -0.458. The molecule has 0 atom stereocenters. The summed E-state index contributed by atoms with van der Waals surface area (Å²) in [6.07, 6.45) is 5.46. The van der Waals surface area contributed by atoms with Crippen LogP contribution in [-0.2, 0) is 13.6 Å². The van der Waals surface area contributed by atoms with Crippen LogP contribution in [0.15, 0.2) is 30.6 Å². The van der Waals surface area contributed by atoms with E-state index in [1.54, 1.807) is 11.1 Å². The van der Waals surface area contributed by atoms with Crippen molar-refractivity contribution in [3.63, 3.8) is 0 Å². The summed E-state index contributed by atoms with van der Waals surface area (Å²) in [6, 6.07) is 4.07. The van der Waals surface area contributed by atoms with Crippen LogP contribution < -0.4 is 5.73 Å². The van der Waals surface area contributed by atoms with Crippen LogP contribution in [0.2, 0.25) is 0 Å². The second-order valence-corrected chi connectivity index (χ2v) is 5.35. The van der Waals surface area contributed by atoms with Gasteiger partial charge in [-0.05, 0) is 31.0 Å². The third-order valence-electron chi connectivity index (χ3n) is 3.73. The lowest BCUT2D eigenvalue weighted by Crippen LogP contribution is -2.34. The van der Waals surface area contributed by atoms with Gasteiger partial charge in [0.05, 0.1) is 12.1 Å². The zero-order chi connectivity index (χ0) is 15.0. The minimum absolute atomic E-state index is 0.192. The van der Waals surface area contributed by atoms with E-state index in [1.807, 2.05) is 17.8 Å². The molecule has 21 heavy (non-hydrogen) atoms. The number of amides is 1. The van der Waals surface area contributed by atoms with Crippen LogP contribution in [0.3, 0.4) is 0 Å². The molecule has 1 aliphatic rings. The van der Waals surface area contributed by atoms with E-state index < -0.39 is 5.82 Å². The van der Waals surface area contributed by atoms with Gasteiger partial charge >= 0.3 is 0 Å². The first kappa shape index (κ1) is 13.6. The van der Waals surface area contributed by atoms with Crippen molar-refractivity contribution in [3.05, 3.63) is 47.8 Å². The Labute approximate surface area is 122 Å². The van der Waals surface area contributed by atoms with E-state index in [4.69, 9.17) is 5.73 Å². The van der Waals surface area contributed by atoms with Crippen LogP contribution >= 0.6 is 0 Å². The molecule has 0 bridgehead atoms. The molecular formula is C15H17FN4O. The van der Waals surface area contributed by atoms with Gasteiger partial charge in [-0.3, -0.25) is 4.79 Å². The number of carbonyl (C=O) groups excluding carboxylic acids is 1. The van der Waals surface area contributed by atoms with Gasteiger partial charge in [0.1, 0.15) is 11.6 Å². The average molecular weight is 288 g/mol. The van der Waals surface area contributed by atoms with Crippen molar-refractivity contribution in [2.45, 2.75) is 25.4 Å². The molecule has 0 radical (unpaired) electrons. The fourth-order valence-corrected chi connectivity index (χ4v) is 2.32. The lowest BCUT2D eigenvalue weighted by atomic mass is 10.1. The van der Waals surface area contributed by atoms with Crippen LogP contribution in [0.5, 0.6) is 0 Å². The van der Waals surface area contributed by atoms with Crippen molar-refractivity contribution in [1.29, 1.82) is 0 Å². The van der Waals surface area contributed by atoms with Crippen molar-refractivity contribution < 1.29 is 9.18 Å². The second kappa shape index (κ2) is 5.20. The zero-order valence-electron chi connectivity index (χ0n) is 11.8. The Morgan fingerprint density at radius 1 is 1.52 bits per heavy atom. The number of aromatic nitrogens is 2. The number of nitrogen functional groups attached to an aromatic ring is 1. The molecule has 1 amide bonds. The van der Waals surface area contributed by atoms with Crippen molar-refractivity contribution in [1.82, 2.24) is 14.5 Å². The number of nitrogens with zero attached hydrogens (tertiary/aromatic N) is 3. The van der Waals surface area contributed by atoms with Crippen LogP contribution in [0.4, 0.5) is 10.1 Å². The number of carbonyl (C=O) groups is 1. The highest BCUT2D eigenvalue weighted by Crippen LogP contribution is 2.30. The van der Waals surface area contributed by atoms with E-state index in [-0.39, 0.29) is 17.5 Å². The number of hydrogen-bond acceptors (Lipinski definition) is 3. The van der Waals surface area contributed by atoms with Crippen molar-refractivity contribution >= 4 is 11.6 Å². The van der Waals surface area contributed by atoms with Gasteiger partial charge in [-0.1, -0.05) is 0 Å². The highest BCUT2D eigenvalue weighted by Gasteiger charge is 2.34. The summed E-state index contributed by atoms with van der Waals surface area (Å²) in [7, 11) is 1.88. The number of hydrogen-bond donors (Lipinski definition) is 1. The Kier molecular flexibility index (Phi) is 3.37. The molecule has 1 saturated carbocycles. The molecule has 2 N–H and O–H groups in total. The smallest absolute Gasteiger partial charge is 0.256 e. The Hall–Kier alpha value is -2.37. The van der Waals surface area contributed by atoms with Crippen LogP contribution in [0.1, 0.15) is 29.0 Å². The van der Waals surface area contributed by atoms with Crippen molar-refractivity contribution in [3.8, 4) is 0 Å². The average Bonchev–Trinajstić information content (AvgIpc) is 3.22. The van der Waals surface area contributed by atoms with E-state index in [2.05, 4.69) is 4.98 Å². The molecule has 1 aromatic carbocycles. The van der Waals surface area contributed by atoms with Gasteiger partial charge < -0.3 is 15.2 Å². The van der Waals surface area contributed by atoms with E-state index >= 15 is 0 Å². The van der Waals surface area contributed by atoms with Gasteiger partial charge in [0.25, 0.3) is 5.91 Å². The van der Waals surface area contributed by atoms with E-state index in [0.29, 0.717) is 12.2 Å². The van der Waals surface area contributed by atoms with Gasteiger partial charge in [-0.15, -0.1) is 0 Å². The molecule has 110 valence electrons. The maximum Gasteiger partial charge on any atom is 0.256 e. The Morgan fingerprint density at radius 3 is 2.90 bits per heavy atom. The van der Waals surface area contributed by atoms with Gasteiger partial charge in [0, 0.05) is 31.2 Å². The fourth-order valence-electron chi connectivity index (χ4n) is 2.32. The highest BCUT2D eigenvalue weighted by atomic mass is 19.1. The van der Waals surface area contributed by atoms with Crippen molar-refractivity contribution in [2.24, 2.45) is 7.05 Å². The number of imidazole rings is 1. The monoisotopic (exact) mass is 288 g/mol. The molecule has 6 heteroatoms. The molecule has 1 fully saturated rings. The molecule has 0 spiro atoms. The molecule has 0 aliphatic heterocycles. The first-order valence-corrected chi connectivity index (χ1v) is 6.88. The predicted octanol–water partition coefficient (Wildman–Crippen LogP) is 1.95. The second-order valence-electron chi connectivity index (χ2n) is 5.35. The maximum atomic E-state index is 13.4. The number of anilines is 1. The molecule has 2 aromatic rings. The maximum absolute atomic E-state index is 13.4. The van der Waals surface area contributed by atoms with Crippen LogP contribution in [-0.4, -0.2) is 26.4 Å². The molecule has 1 aliphatic carbocycles. The number of rotatable bonds is 4. The summed E-state index contributed by atoms with van der Waals surface area (Å²) >= 11 is 0. The third-order valence-corrected chi connectivity index (χ3v) is 3.73. The number of halogens is 1. The lowest BCUT2D eigenvalue weighted by Gasteiger charge is -2.23. The third kappa shape index (κ3) is 2.74. The largest absolute Gasteiger partial charge is 0.398 e. The van der Waals surface area contributed by atoms with Crippen LogP contribution in [0, 0.1) is 5.82 Å². The Morgan fingerprint density at radius 2 is 2.29 bits per heavy atom. The molecule has 1 aromatic heterocycles. The first-order valence-electron chi connectivity index (χ1n) is 6.88. The molecule has 3 rings (SSSR count). The Balaban J connectivity index is 1.88. The van der Waals surface area contributed by atoms with Gasteiger partial charge in [0.2, 0.25) is 0 Å². The molecule has 0 unspecified atom stereocenters. The fraction of sp³-hybridized carbons (Fsp3) is 0.333. The summed E-state index contributed by atoms with van der Waals surface area (Å²) in [5.41, 5.74) is 6.33. The quantitative estimate of drug-likeness (QED) is 0.875. The first-order chi connectivity index (χ1) is 10.1. The molecule has 0 saturated heterocycles. The van der Waals surface area contributed by atoms with Gasteiger partial charge in [-0.25, -0.2) is 9.37 Å². The summed E-state index contributed by atoms with van der Waals surface area (Å²) in [6.45, 7) is 0.406. The van der Waals surface area contributed by atoms with Gasteiger partial charge in [0.15, 0.2) is 0 Å². The number of aryl methyl sites for hydroxylation is 1.